The van der Waals surface area contributed by atoms with Crippen molar-refractivity contribution >= 4 is 37.5 Å². The van der Waals surface area contributed by atoms with Gasteiger partial charge in [-0.1, -0.05) is 0 Å². The Morgan fingerprint density at radius 2 is 2.07 bits per heavy atom. The van der Waals surface area contributed by atoms with Crippen LogP contribution in [0.5, 0.6) is 5.75 Å². The number of halogens is 2. The van der Waals surface area contributed by atoms with Crippen molar-refractivity contribution in [3.63, 3.8) is 0 Å². The van der Waals surface area contributed by atoms with Crippen LogP contribution in [0.3, 0.4) is 0 Å². The maximum atomic E-state index is 8.67. The number of hydrogen-bond acceptors (Lipinski definition) is 3. The number of aliphatic hydroxyl groups excluding tert-OH is 1. The van der Waals surface area contributed by atoms with Crippen molar-refractivity contribution in [2.45, 2.75) is 6.42 Å². The van der Waals surface area contributed by atoms with Gasteiger partial charge in [0.15, 0.2) is 0 Å². The molecule has 0 aliphatic heterocycles. The molecular formula is C10H13Br2NO2. The minimum atomic E-state index is 0.193. The summed E-state index contributed by atoms with van der Waals surface area (Å²) in [6.45, 7) is 0.929. The van der Waals surface area contributed by atoms with Crippen molar-refractivity contribution in [1.29, 1.82) is 0 Å². The second-order valence-corrected chi connectivity index (χ2v) is 4.68. The molecule has 1 aromatic rings. The molecule has 0 aliphatic carbocycles. The molecular weight excluding hydrogens is 326 g/mol. The fourth-order valence-electron chi connectivity index (χ4n) is 1.12. The summed E-state index contributed by atoms with van der Waals surface area (Å²) in [4.78, 5) is 0. The number of methoxy groups -OCH3 is 1. The topological polar surface area (TPSA) is 41.5 Å². The molecule has 84 valence electrons. The first-order valence-corrected chi connectivity index (χ1v) is 6.15. The summed E-state index contributed by atoms with van der Waals surface area (Å²) in [5.41, 5.74) is 0.962. The van der Waals surface area contributed by atoms with Gasteiger partial charge in [0, 0.05) is 23.7 Å². The highest BCUT2D eigenvalue weighted by Gasteiger charge is 2.06. The Bertz CT molecular complexity index is 331. The Balaban J connectivity index is 2.78. The smallest absolute Gasteiger partial charge is 0.135 e. The van der Waals surface area contributed by atoms with E-state index in [1.54, 1.807) is 7.11 Å². The maximum Gasteiger partial charge on any atom is 0.135 e. The van der Waals surface area contributed by atoms with E-state index in [-0.39, 0.29) is 6.61 Å². The molecule has 0 amide bonds. The summed E-state index contributed by atoms with van der Waals surface area (Å²) in [6.07, 6.45) is 0.727. The average molecular weight is 339 g/mol. The summed E-state index contributed by atoms with van der Waals surface area (Å²) in [6, 6.07) is 3.84. The molecule has 0 bridgehead atoms. The van der Waals surface area contributed by atoms with Crippen LogP contribution in [0.25, 0.3) is 0 Å². The summed E-state index contributed by atoms with van der Waals surface area (Å²) in [5.74, 6) is 0.782. The second-order valence-electron chi connectivity index (χ2n) is 2.97. The van der Waals surface area contributed by atoms with E-state index in [1.807, 2.05) is 12.1 Å². The summed E-state index contributed by atoms with van der Waals surface area (Å²) in [5, 5.41) is 11.9. The Labute approximate surface area is 106 Å². The highest BCUT2D eigenvalue weighted by atomic mass is 79.9. The van der Waals surface area contributed by atoms with Crippen molar-refractivity contribution in [3.05, 3.63) is 21.1 Å². The van der Waals surface area contributed by atoms with Gasteiger partial charge in [0.1, 0.15) is 5.75 Å². The van der Waals surface area contributed by atoms with Crippen LogP contribution >= 0.6 is 31.9 Å². The van der Waals surface area contributed by atoms with E-state index >= 15 is 0 Å². The number of hydrogen-bond donors (Lipinski definition) is 2. The van der Waals surface area contributed by atoms with E-state index in [1.165, 1.54) is 0 Å². The number of rotatable bonds is 5. The van der Waals surface area contributed by atoms with Gasteiger partial charge in [-0.05, 0) is 44.3 Å². The molecule has 3 nitrogen and oxygen atoms in total. The lowest BCUT2D eigenvalue weighted by Crippen LogP contribution is -2.04. The predicted molar refractivity (Wildman–Crippen MR) is 68.6 cm³/mol. The summed E-state index contributed by atoms with van der Waals surface area (Å²) >= 11 is 6.85. The van der Waals surface area contributed by atoms with Crippen LogP contribution in [0.2, 0.25) is 0 Å². The fraction of sp³-hybridized carbons (Fsp3) is 0.400. The largest absolute Gasteiger partial charge is 0.495 e. The zero-order valence-electron chi connectivity index (χ0n) is 8.39. The molecule has 0 aliphatic rings. The third kappa shape index (κ3) is 3.66. The number of ether oxygens (including phenoxy) is 1. The molecule has 15 heavy (non-hydrogen) atoms. The molecule has 0 fully saturated rings. The minimum Gasteiger partial charge on any atom is -0.495 e. The Morgan fingerprint density at radius 1 is 1.33 bits per heavy atom. The number of anilines is 1. The van der Waals surface area contributed by atoms with Crippen LogP contribution in [-0.2, 0) is 0 Å². The molecule has 0 aromatic heterocycles. The van der Waals surface area contributed by atoms with Gasteiger partial charge < -0.3 is 15.2 Å². The standard InChI is InChI=1S/C10H13Br2NO2/c1-15-10-6-9(13-3-2-4-14)7(11)5-8(10)12/h5-6,13-14H,2-4H2,1H3. The maximum absolute atomic E-state index is 8.67. The van der Waals surface area contributed by atoms with Crippen LogP contribution in [0, 0.1) is 0 Å². The number of benzene rings is 1. The molecule has 0 saturated carbocycles. The van der Waals surface area contributed by atoms with Gasteiger partial charge >= 0.3 is 0 Å². The molecule has 0 unspecified atom stereocenters. The van der Waals surface area contributed by atoms with Gasteiger partial charge in [-0.2, -0.15) is 0 Å². The van der Waals surface area contributed by atoms with E-state index < -0.39 is 0 Å². The first-order chi connectivity index (χ1) is 7.19. The van der Waals surface area contributed by atoms with Gasteiger partial charge in [0.25, 0.3) is 0 Å². The Hall–Kier alpha value is -0.260. The number of aliphatic hydroxyl groups is 1. The van der Waals surface area contributed by atoms with E-state index in [9.17, 15) is 0 Å². The summed E-state index contributed by atoms with van der Waals surface area (Å²) in [7, 11) is 1.63. The predicted octanol–water partition coefficient (Wildman–Crippen LogP) is 3.01. The average Bonchev–Trinajstić information content (AvgIpc) is 2.21. The van der Waals surface area contributed by atoms with Crippen LogP contribution < -0.4 is 10.1 Å². The molecule has 0 saturated heterocycles. The normalized spacial score (nSPS) is 10.1. The van der Waals surface area contributed by atoms with E-state index in [2.05, 4.69) is 37.2 Å². The van der Waals surface area contributed by atoms with E-state index in [0.29, 0.717) is 0 Å². The lowest BCUT2D eigenvalue weighted by molar-refractivity contribution is 0.292. The zero-order chi connectivity index (χ0) is 11.3. The van der Waals surface area contributed by atoms with Gasteiger partial charge in [-0.15, -0.1) is 0 Å². The fourth-order valence-corrected chi connectivity index (χ4v) is 2.42. The lowest BCUT2D eigenvalue weighted by atomic mass is 10.3. The van der Waals surface area contributed by atoms with E-state index in [4.69, 9.17) is 9.84 Å². The van der Waals surface area contributed by atoms with Crippen LogP contribution in [0.1, 0.15) is 6.42 Å². The molecule has 0 radical (unpaired) electrons. The third-order valence-corrected chi connectivity index (χ3v) is 3.17. The molecule has 2 N–H and O–H groups in total. The highest BCUT2D eigenvalue weighted by molar-refractivity contribution is 9.11. The van der Waals surface area contributed by atoms with Gasteiger partial charge in [-0.3, -0.25) is 0 Å². The van der Waals surface area contributed by atoms with E-state index in [0.717, 1.165) is 33.3 Å². The molecule has 0 heterocycles. The van der Waals surface area contributed by atoms with Crippen LogP contribution in [0.4, 0.5) is 5.69 Å². The molecule has 1 aromatic carbocycles. The Morgan fingerprint density at radius 3 is 2.67 bits per heavy atom. The first kappa shape index (κ1) is 12.8. The Kier molecular flexibility index (Phi) is 5.42. The van der Waals surface area contributed by atoms with Gasteiger partial charge in [0.05, 0.1) is 17.3 Å². The quantitative estimate of drug-likeness (QED) is 0.811. The zero-order valence-corrected chi connectivity index (χ0v) is 11.6. The molecule has 0 atom stereocenters. The first-order valence-electron chi connectivity index (χ1n) is 4.56. The van der Waals surface area contributed by atoms with Gasteiger partial charge in [0.2, 0.25) is 0 Å². The molecule has 0 spiro atoms. The van der Waals surface area contributed by atoms with Gasteiger partial charge in [-0.25, -0.2) is 0 Å². The monoisotopic (exact) mass is 337 g/mol. The summed E-state index contributed by atoms with van der Waals surface area (Å²) < 4.78 is 7.06. The lowest BCUT2D eigenvalue weighted by Gasteiger charge is -2.11. The molecule has 1 rings (SSSR count). The number of nitrogens with one attached hydrogen (secondary N) is 1. The molecule has 5 heteroatoms. The van der Waals surface area contributed by atoms with Crippen LogP contribution in [-0.4, -0.2) is 25.4 Å². The van der Waals surface area contributed by atoms with Crippen molar-refractivity contribution in [2.75, 3.05) is 25.6 Å². The highest BCUT2D eigenvalue weighted by Crippen LogP contribution is 2.34. The minimum absolute atomic E-state index is 0.193. The van der Waals surface area contributed by atoms with Crippen molar-refractivity contribution in [2.24, 2.45) is 0 Å². The van der Waals surface area contributed by atoms with Crippen LogP contribution in [0.15, 0.2) is 21.1 Å². The van der Waals surface area contributed by atoms with Crippen molar-refractivity contribution in [3.8, 4) is 5.75 Å². The van der Waals surface area contributed by atoms with Crippen molar-refractivity contribution in [1.82, 2.24) is 0 Å². The second kappa shape index (κ2) is 6.35. The third-order valence-electron chi connectivity index (χ3n) is 1.89. The SMILES string of the molecule is COc1cc(NCCCO)c(Br)cc1Br. The van der Waals surface area contributed by atoms with Crippen molar-refractivity contribution < 1.29 is 9.84 Å².